The fourth-order valence-corrected chi connectivity index (χ4v) is 4.91. The second kappa shape index (κ2) is 9.04. The van der Waals surface area contributed by atoms with Crippen molar-refractivity contribution >= 4 is 21.6 Å². The number of para-hydroxylation sites is 1. The largest absolute Gasteiger partial charge is 0.354 e. The summed E-state index contributed by atoms with van der Waals surface area (Å²) in [5.74, 6) is 0.225. The molecule has 1 saturated carbocycles. The Morgan fingerprint density at radius 1 is 0.926 bits per heavy atom. The summed E-state index contributed by atoms with van der Waals surface area (Å²) < 4.78 is 27.4. The summed E-state index contributed by atoms with van der Waals surface area (Å²) >= 11 is 0. The van der Waals surface area contributed by atoms with E-state index in [0.717, 1.165) is 12.8 Å². The Morgan fingerprint density at radius 3 is 2.15 bits per heavy atom. The van der Waals surface area contributed by atoms with Gasteiger partial charge in [-0.15, -0.1) is 0 Å². The second-order valence-electron chi connectivity index (χ2n) is 6.97. The minimum atomic E-state index is -3.82. The van der Waals surface area contributed by atoms with Gasteiger partial charge >= 0.3 is 0 Å². The van der Waals surface area contributed by atoms with Crippen LogP contribution in [-0.4, -0.2) is 27.4 Å². The quantitative estimate of drug-likeness (QED) is 0.791. The molecule has 3 rings (SSSR count). The van der Waals surface area contributed by atoms with Gasteiger partial charge in [0.2, 0.25) is 5.91 Å². The van der Waals surface area contributed by atoms with Crippen LogP contribution in [0.4, 0.5) is 5.69 Å². The molecule has 0 aliphatic heterocycles. The molecule has 0 aromatic heterocycles. The van der Waals surface area contributed by atoms with E-state index < -0.39 is 10.0 Å². The fourth-order valence-electron chi connectivity index (χ4n) is 3.46. The summed E-state index contributed by atoms with van der Waals surface area (Å²) in [5.41, 5.74) is 0.481. The number of carbonyl (C=O) groups excluding carboxylic acids is 1. The van der Waals surface area contributed by atoms with Crippen molar-refractivity contribution in [1.82, 2.24) is 5.32 Å². The number of benzene rings is 2. The molecule has 27 heavy (non-hydrogen) atoms. The fraction of sp³-hybridized carbons (Fsp3) is 0.381. The van der Waals surface area contributed by atoms with E-state index in [1.165, 1.54) is 23.6 Å². The van der Waals surface area contributed by atoms with Gasteiger partial charge in [-0.25, -0.2) is 8.42 Å². The van der Waals surface area contributed by atoms with Crippen LogP contribution in [0.15, 0.2) is 65.6 Å². The predicted octanol–water partition coefficient (Wildman–Crippen LogP) is 3.58. The molecule has 1 fully saturated rings. The number of carbonyl (C=O) groups is 1. The highest BCUT2D eigenvalue weighted by atomic mass is 32.2. The van der Waals surface area contributed by atoms with Gasteiger partial charge in [0.05, 0.1) is 10.6 Å². The number of nitrogens with one attached hydrogen (secondary N) is 1. The summed E-state index contributed by atoms with van der Waals surface area (Å²) in [4.78, 5) is 12.7. The van der Waals surface area contributed by atoms with Gasteiger partial charge in [-0.3, -0.25) is 9.10 Å². The van der Waals surface area contributed by atoms with Crippen molar-refractivity contribution in [3.05, 3.63) is 60.7 Å². The lowest BCUT2D eigenvalue weighted by Crippen LogP contribution is -2.42. The first-order valence-electron chi connectivity index (χ1n) is 9.47. The average molecular weight is 387 g/mol. The van der Waals surface area contributed by atoms with E-state index in [-0.39, 0.29) is 17.3 Å². The zero-order valence-corrected chi connectivity index (χ0v) is 16.2. The van der Waals surface area contributed by atoms with Gasteiger partial charge in [0.1, 0.15) is 6.54 Å². The molecule has 0 bridgehead atoms. The van der Waals surface area contributed by atoms with Crippen molar-refractivity contribution in [2.24, 2.45) is 5.92 Å². The Hall–Kier alpha value is -2.34. The third kappa shape index (κ3) is 5.10. The van der Waals surface area contributed by atoms with Crippen molar-refractivity contribution in [3.8, 4) is 0 Å². The number of sulfonamides is 1. The number of rotatable bonds is 7. The average Bonchev–Trinajstić information content (AvgIpc) is 2.72. The zero-order valence-electron chi connectivity index (χ0n) is 15.4. The number of hydrogen-bond donors (Lipinski definition) is 1. The molecule has 0 spiro atoms. The first kappa shape index (κ1) is 19.4. The van der Waals surface area contributed by atoms with Gasteiger partial charge in [0.15, 0.2) is 0 Å². The maximum Gasteiger partial charge on any atom is 0.264 e. The summed E-state index contributed by atoms with van der Waals surface area (Å²) in [6.45, 7) is 0.390. The van der Waals surface area contributed by atoms with E-state index in [1.807, 2.05) is 6.07 Å². The number of anilines is 1. The highest BCUT2D eigenvalue weighted by Crippen LogP contribution is 2.24. The van der Waals surface area contributed by atoms with Crippen molar-refractivity contribution in [1.29, 1.82) is 0 Å². The molecular formula is C21H26N2O3S. The first-order valence-corrected chi connectivity index (χ1v) is 10.9. The summed E-state index contributed by atoms with van der Waals surface area (Å²) in [7, 11) is -3.82. The Balaban J connectivity index is 1.75. The Labute approximate surface area is 161 Å². The molecule has 1 N–H and O–H groups in total. The Morgan fingerprint density at radius 2 is 1.52 bits per heavy atom. The van der Waals surface area contributed by atoms with Crippen LogP contribution in [0.5, 0.6) is 0 Å². The number of amides is 1. The van der Waals surface area contributed by atoms with Crippen molar-refractivity contribution in [2.75, 3.05) is 17.4 Å². The molecule has 0 atom stereocenters. The van der Waals surface area contributed by atoms with E-state index in [4.69, 9.17) is 0 Å². The molecule has 1 aliphatic rings. The first-order chi connectivity index (χ1) is 13.1. The molecule has 2 aromatic rings. The van der Waals surface area contributed by atoms with Crippen LogP contribution in [0.1, 0.15) is 32.1 Å². The lowest BCUT2D eigenvalue weighted by molar-refractivity contribution is -0.119. The van der Waals surface area contributed by atoms with Crippen LogP contribution in [0.25, 0.3) is 0 Å². The van der Waals surface area contributed by atoms with Crippen molar-refractivity contribution in [2.45, 2.75) is 37.0 Å². The third-order valence-corrected chi connectivity index (χ3v) is 6.76. The topological polar surface area (TPSA) is 66.5 Å². The van der Waals surface area contributed by atoms with Crippen molar-refractivity contribution < 1.29 is 13.2 Å². The predicted molar refractivity (Wildman–Crippen MR) is 107 cm³/mol. The SMILES string of the molecule is O=C(CN(c1ccccc1)S(=O)(=O)c1ccccc1)NCC1CCCCC1. The molecule has 0 radical (unpaired) electrons. The molecule has 0 saturated heterocycles. The highest BCUT2D eigenvalue weighted by molar-refractivity contribution is 7.92. The van der Waals surface area contributed by atoms with Crippen molar-refractivity contribution in [3.63, 3.8) is 0 Å². The minimum absolute atomic E-state index is 0.175. The van der Waals surface area contributed by atoms with E-state index in [1.54, 1.807) is 54.6 Å². The van der Waals surface area contributed by atoms with Gasteiger partial charge in [0, 0.05) is 6.54 Å². The van der Waals surface area contributed by atoms with E-state index in [2.05, 4.69) is 5.32 Å². The molecule has 6 heteroatoms. The van der Waals surface area contributed by atoms with Crippen LogP contribution < -0.4 is 9.62 Å². The minimum Gasteiger partial charge on any atom is -0.354 e. The maximum atomic E-state index is 13.1. The van der Waals surface area contributed by atoms with Gasteiger partial charge in [-0.2, -0.15) is 0 Å². The maximum absolute atomic E-state index is 13.1. The highest BCUT2D eigenvalue weighted by Gasteiger charge is 2.27. The van der Waals surface area contributed by atoms with Gasteiger partial charge < -0.3 is 5.32 Å². The molecule has 1 aliphatic carbocycles. The summed E-state index contributed by atoms with van der Waals surface area (Å²) in [6, 6.07) is 17.0. The molecule has 144 valence electrons. The smallest absolute Gasteiger partial charge is 0.264 e. The van der Waals surface area contributed by atoms with E-state index in [9.17, 15) is 13.2 Å². The van der Waals surface area contributed by atoms with Crippen LogP contribution in [0.2, 0.25) is 0 Å². The second-order valence-corrected chi connectivity index (χ2v) is 8.83. The van der Waals surface area contributed by atoms with Gasteiger partial charge in [-0.1, -0.05) is 55.7 Å². The molecule has 5 nitrogen and oxygen atoms in total. The normalized spacial score (nSPS) is 15.3. The molecular weight excluding hydrogens is 360 g/mol. The molecule has 0 heterocycles. The Kier molecular flexibility index (Phi) is 6.50. The third-order valence-electron chi connectivity index (χ3n) is 4.98. The number of nitrogens with zero attached hydrogens (tertiary/aromatic N) is 1. The molecule has 2 aromatic carbocycles. The summed E-state index contributed by atoms with van der Waals surface area (Å²) in [6.07, 6.45) is 5.94. The van der Waals surface area contributed by atoms with Crippen LogP contribution >= 0.6 is 0 Å². The number of hydrogen-bond acceptors (Lipinski definition) is 3. The monoisotopic (exact) mass is 386 g/mol. The summed E-state index contributed by atoms with van der Waals surface area (Å²) in [5, 5.41) is 2.93. The lowest BCUT2D eigenvalue weighted by Gasteiger charge is -2.25. The standard InChI is InChI=1S/C21H26N2O3S/c24-21(22-16-18-10-4-1-5-11-18)17-23(19-12-6-2-7-13-19)27(25,26)20-14-8-3-9-15-20/h2-3,6-9,12-15,18H,1,4-5,10-11,16-17H2,(H,22,24). The molecule has 0 unspecified atom stereocenters. The lowest BCUT2D eigenvalue weighted by atomic mass is 9.89. The Bertz CT molecular complexity index is 832. The zero-order chi connectivity index (χ0) is 19.1. The van der Waals surface area contributed by atoms with Crippen LogP contribution in [-0.2, 0) is 14.8 Å². The van der Waals surface area contributed by atoms with E-state index >= 15 is 0 Å². The van der Waals surface area contributed by atoms with Gasteiger partial charge in [-0.05, 0) is 43.0 Å². The van der Waals surface area contributed by atoms with Crippen LogP contribution in [0, 0.1) is 5.92 Å². The van der Waals surface area contributed by atoms with Gasteiger partial charge in [0.25, 0.3) is 10.0 Å². The van der Waals surface area contributed by atoms with Crippen LogP contribution in [0.3, 0.4) is 0 Å². The van der Waals surface area contributed by atoms with E-state index in [0.29, 0.717) is 18.2 Å². The molecule has 1 amide bonds.